The van der Waals surface area contributed by atoms with Gasteiger partial charge < -0.3 is 9.47 Å². The van der Waals surface area contributed by atoms with Gasteiger partial charge in [-0.15, -0.1) is 0 Å². The van der Waals surface area contributed by atoms with E-state index in [2.05, 4.69) is 0 Å². The summed E-state index contributed by atoms with van der Waals surface area (Å²) in [6.45, 7) is 3.10. The molecule has 1 aromatic carbocycles. The zero-order chi connectivity index (χ0) is 16.7. The average Bonchev–Trinajstić information content (AvgIpc) is 2.47. The van der Waals surface area contributed by atoms with E-state index in [4.69, 9.17) is 9.47 Å². The summed E-state index contributed by atoms with van der Waals surface area (Å²) in [5.74, 6) is -3.48. The number of nitro benzene ring substituents is 1. The Hall–Kier alpha value is -2.51. The van der Waals surface area contributed by atoms with Crippen LogP contribution >= 0.6 is 0 Å². The quantitative estimate of drug-likeness (QED) is 0.332. The van der Waals surface area contributed by atoms with Crippen molar-refractivity contribution in [3.8, 4) is 0 Å². The second-order valence-corrected chi connectivity index (χ2v) is 4.36. The first-order chi connectivity index (χ1) is 10.4. The van der Waals surface area contributed by atoms with Crippen molar-refractivity contribution in [2.75, 3.05) is 6.61 Å². The highest BCUT2D eigenvalue weighted by atomic mass is 19.1. The maximum atomic E-state index is 13.2. The van der Waals surface area contributed by atoms with Crippen LogP contribution in [-0.4, -0.2) is 23.5 Å². The van der Waals surface area contributed by atoms with Crippen molar-refractivity contribution < 1.29 is 28.4 Å². The zero-order valence-corrected chi connectivity index (χ0v) is 12.2. The molecule has 0 aliphatic rings. The lowest BCUT2D eigenvalue weighted by Gasteiger charge is -2.13. The molecule has 0 aliphatic heterocycles. The topological polar surface area (TPSA) is 95.7 Å². The Balaban J connectivity index is 2.73. The third-order valence-corrected chi connectivity index (χ3v) is 2.85. The highest BCUT2D eigenvalue weighted by Gasteiger charge is 2.27. The van der Waals surface area contributed by atoms with Gasteiger partial charge in [-0.1, -0.05) is 13.0 Å². The molecule has 0 aliphatic carbocycles. The van der Waals surface area contributed by atoms with Gasteiger partial charge in [0.2, 0.25) is 5.82 Å². The van der Waals surface area contributed by atoms with Crippen LogP contribution in [0.1, 0.15) is 25.8 Å². The van der Waals surface area contributed by atoms with E-state index >= 15 is 0 Å². The number of ether oxygens (including phenoxy) is 2. The van der Waals surface area contributed by atoms with Crippen molar-refractivity contribution in [1.82, 2.24) is 0 Å². The molecule has 0 spiro atoms. The lowest BCUT2D eigenvalue weighted by molar-refractivity contribution is -0.387. The van der Waals surface area contributed by atoms with Crippen LogP contribution in [0.5, 0.6) is 0 Å². The molecule has 0 aromatic heterocycles. The van der Waals surface area contributed by atoms with E-state index in [9.17, 15) is 24.1 Å². The number of hydrogen-bond donors (Lipinski definition) is 0. The van der Waals surface area contributed by atoms with Crippen molar-refractivity contribution in [2.24, 2.45) is 5.92 Å². The molecular weight excluding hydrogens is 297 g/mol. The number of benzene rings is 1. The SMILES string of the molecule is CCOC(=O)C(CC)C(=O)OCc1ccc(F)c([N+](=O)[O-])c1. The van der Waals surface area contributed by atoms with Gasteiger partial charge in [-0.25, -0.2) is 0 Å². The predicted octanol–water partition coefficient (Wildman–Crippen LogP) is 2.37. The summed E-state index contributed by atoms with van der Waals surface area (Å²) in [4.78, 5) is 33.1. The number of nitro groups is 1. The van der Waals surface area contributed by atoms with E-state index in [0.717, 1.165) is 12.1 Å². The van der Waals surface area contributed by atoms with Crippen LogP contribution in [0.3, 0.4) is 0 Å². The smallest absolute Gasteiger partial charge is 0.320 e. The molecule has 1 rings (SSSR count). The summed E-state index contributed by atoms with van der Waals surface area (Å²) < 4.78 is 22.9. The van der Waals surface area contributed by atoms with Crippen LogP contribution < -0.4 is 0 Å². The second kappa shape index (κ2) is 8.06. The lowest BCUT2D eigenvalue weighted by atomic mass is 10.1. The molecule has 0 heterocycles. The predicted molar refractivity (Wildman–Crippen MR) is 73.3 cm³/mol. The maximum Gasteiger partial charge on any atom is 0.320 e. The minimum absolute atomic E-state index is 0.146. The van der Waals surface area contributed by atoms with E-state index < -0.39 is 34.3 Å². The van der Waals surface area contributed by atoms with Gasteiger partial charge in [0, 0.05) is 6.07 Å². The minimum atomic E-state index is -1.05. The van der Waals surface area contributed by atoms with Gasteiger partial charge in [-0.3, -0.25) is 19.7 Å². The summed E-state index contributed by atoms with van der Waals surface area (Å²) in [5, 5.41) is 10.6. The lowest BCUT2D eigenvalue weighted by Crippen LogP contribution is -2.27. The third-order valence-electron chi connectivity index (χ3n) is 2.85. The number of carbonyl (C=O) groups is 2. The number of rotatable bonds is 7. The molecule has 0 N–H and O–H groups in total. The fourth-order valence-corrected chi connectivity index (χ4v) is 1.72. The molecule has 0 amide bonds. The van der Waals surface area contributed by atoms with E-state index in [1.54, 1.807) is 13.8 Å². The van der Waals surface area contributed by atoms with Crippen molar-refractivity contribution in [2.45, 2.75) is 26.9 Å². The van der Waals surface area contributed by atoms with Crippen LogP contribution in [0, 0.1) is 21.8 Å². The highest BCUT2D eigenvalue weighted by molar-refractivity contribution is 5.94. The molecule has 1 aromatic rings. The summed E-state index contributed by atoms with van der Waals surface area (Å²) in [7, 11) is 0. The summed E-state index contributed by atoms with van der Waals surface area (Å²) in [5.41, 5.74) is -0.453. The Morgan fingerprint density at radius 2 is 1.91 bits per heavy atom. The van der Waals surface area contributed by atoms with Crippen molar-refractivity contribution in [1.29, 1.82) is 0 Å². The number of nitrogens with zero attached hydrogens (tertiary/aromatic N) is 1. The molecule has 0 saturated heterocycles. The van der Waals surface area contributed by atoms with E-state index in [1.807, 2.05) is 0 Å². The normalized spacial score (nSPS) is 11.6. The first-order valence-corrected chi connectivity index (χ1v) is 6.66. The fraction of sp³-hybridized carbons (Fsp3) is 0.429. The number of halogens is 1. The molecule has 1 unspecified atom stereocenters. The Morgan fingerprint density at radius 1 is 1.27 bits per heavy atom. The molecule has 22 heavy (non-hydrogen) atoms. The van der Waals surface area contributed by atoms with Crippen LogP contribution in [0.2, 0.25) is 0 Å². The van der Waals surface area contributed by atoms with Crippen LogP contribution in [0.25, 0.3) is 0 Å². The standard InChI is InChI=1S/C14H16FNO6/c1-3-10(13(17)21-4-2)14(18)22-8-9-5-6-11(15)12(7-9)16(19)20/h5-7,10H,3-4,8H2,1-2H3. The Bertz CT molecular complexity index is 574. The molecule has 8 heteroatoms. The molecule has 0 saturated carbocycles. The monoisotopic (exact) mass is 313 g/mol. The van der Waals surface area contributed by atoms with Gasteiger partial charge in [0.15, 0.2) is 5.92 Å². The van der Waals surface area contributed by atoms with Crippen molar-refractivity contribution in [3.63, 3.8) is 0 Å². The fourth-order valence-electron chi connectivity index (χ4n) is 1.72. The van der Waals surface area contributed by atoms with Gasteiger partial charge in [0.05, 0.1) is 11.5 Å². The molecule has 0 fully saturated rings. The van der Waals surface area contributed by atoms with Crippen molar-refractivity contribution >= 4 is 17.6 Å². The molecule has 0 radical (unpaired) electrons. The Morgan fingerprint density at radius 3 is 2.45 bits per heavy atom. The van der Waals surface area contributed by atoms with Crippen LogP contribution in [0.4, 0.5) is 10.1 Å². The average molecular weight is 313 g/mol. The zero-order valence-electron chi connectivity index (χ0n) is 12.2. The molecule has 1 atom stereocenters. The molecule has 7 nitrogen and oxygen atoms in total. The molecular formula is C14H16FNO6. The van der Waals surface area contributed by atoms with Gasteiger partial charge >= 0.3 is 17.6 Å². The van der Waals surface area contributed by atoms with E-state index in [-0.39, 0.29) is 25.2 Å². The third kappa shape index (κ3) is 4.51. The molecule has 120 valence electrons. The largest absolute Gasteiger partial charge is 0.465 e. The Labute approximate surface area is 126 Å². The van der Waals surface area contributed by atoms with E-state index in [0.29, 0.717) is 0 Å². The van der Waals surface area contributed by atoms with Gasteiger partial charge in [0.1, 0.15) is 6.61 Å². The summed E-state index contributed by atoms with van der Waals surface area (Å²) >= 11 is 0. The molecule has 0 bridgehead atoms. The van der Waals surface area contributed by atoms with Crippen LogP contribution in [0.15, 0.2) is 18.2 Å². The van der Waals surface area contributed by atoms with Crippen molar-refractivity contribution in [3.05, 3.63) is 39.7 Å². The number of hydrogen-bond acceptors (Lipinski definition) is 6. The highest BCUT2D eigenvalue weighted by Crippen LogP contribution is 2.19. The van der Waals surface area contributed by atoms with Gasteiger partial charge in [-0.05, 0) is 25.0 Å². The van der Waals surface area contributed by atoms with Gasteiger partial charge in [0.25, 0.3) is 0 Å². The first-order valence-electron chi connectivity index (χ1n) is 6.66. The minimum Gasteiger partial charge on any atom is -0.465 e. The number of esters is 2. The summed E-state index contributed by atoms with van der Waals surface area (Å²) in [6, 6.07) is 3.17. The maximum absolute atomic E-state index is 13.2. The Kier molecular flexibility index (Phi) is 6.43. The first kappa shape index (κ1) is 17.5. The second-order valence-electron chi connectivity index (χ2n) is 4.36. The number of carbonyl (C=O) groups excluding carboxylic acids is 2. The van der Waals surface area contributed by atoms with E-state index in [1.165, 1.54) is 6.07 Å². The van der Waals surface area contributed by atoms with Crippen LogP contribution in [-0.2, 0) is 25.7 Å². The van der Waals surface area contributed by atoms with Gasteiger partial charge in [-0.2, -0.15) is 4.39 Å². The summed E-state index contributed by atoms with van der Waals surface area (Å²) in [6.07, 6.45) is 0.210.